The van der Waals surface area contributed by atoms with Gasteiger partial charge in [0.1, 0.15) is 0 Å². The molecule has 4 aromatic rings. The fourth-order valence-electron chi connectivity index (χ4n) is 3.85. The monoisotopic (exact) mass is 314 g/mol. The summed E-state index contributed by atoms with van der Waals surface area (Å²) in [5, 5.41) is 7.71. The molecule has 4 aromatic carbocycles. The molecule has 1 heterocycles. The van der Waals surface area contributed by atoms with E-state index in [0.29, 0.717) is 0 Å². The molecule has 1 atom stereocenters. The number of rotatable bonds is 1. The van der Waals surface area contributed by atoms with Crippen molar-refractivity contribution in [1.29, 1.82) is 0 Å². The maximum absolute atomic E-state index is 6.22. The summed E-state index contributed by atoms with van der Waals surface area (Å²) >= 11 is 0. The molecule has 0 N–H and O–H groups in total. The molecule has 1 unspecified atom stereocenters. The van der Waals surface area contributed by atoms with E-state index in [-0.39, 0.29) is 18.8 Å². The Morgan fingerprint density at radius 1 is 0.833 bits per heavy atom. The van der Waals surface area contributed by atoms with E-state index in [1.165, 1.54) is 32.3 Å². The van der Waals surface area contributed by atoms with E-state index < -0.39 is 0 Å². The largest absolute Gasteiger partial charge is 0.495 e. The molecule has 1 fully saturated rings. The minimum absolute atomic E-state index is 0.0704. The van der Waals surface area contributed by atoms with Gasteiger partial charge in [0.05, 0.1) is 11.7 Å². The Kier molecular flexibility index (Phi) is 2.80. The summed E-state index contributed by atoms with van der Waals surface area (Å²) in [6.07, 6.45) is 0.0704. The second kappa shape index (κ2) is 4.72. The number of benzene rings is 4. The Morgan fingerprint density at radius 3 is 2.12 bits per heavy atom. The molecule has 0 spiro atoms. The molecule has 24 heavy (non-hydrogen) atoms. The van der Waals surface area contributed by atoms with Crippen LogP contribution in [0.2, 0.25) is 0 Å². The van der Waals surface area contributed by atoms with Gasteiger partial charge in [-0.3, -0.25) is 0 Å². The highest BCUT2D eigenvalue weighted by Crippen LogP contribution is 2.35. The van der Waals surface area contributed by atoms with Gasteiger partial charge in [0.25, 0.3) is 0 Å². The van der Waals surface area contributed by atoms with Gasteiger partial charge in [-0.15, -0.1) is 0 Å². The van der Waals surface area contributed by atoms with Crippen LogP contribution in [0.5, 0.6) is 0 Å². The molecule has 3 heteroatoms. The molecule has 0 aliphatic carbocycles. The van der Waals surface area contributed by atoms with Crippen LogP contribution in [0, 0.1) is 0 Å². The van der Waals surface area contributed by atoms with Crippen LogP contribution in [0.1, 0.15) is 20.8 Å². The maximum Gasteiger partial charge on any atom is 0.495 e. The second-order valence-electron chi connectivity index (χ2n) is 7.34. The van der Waals surface area contributed by atoms with Crippen molar-refractivity contribution >= 4 is 44.9 Å². The van der Waals surface area contributed by atoms with Crippen molar-refractivity contribution in [1.82, 2.24) is 0 Å². The minimum atomic E-state index is -0.306. The molecule has 0 bridgehead atoms. The standard InChI is InChI=1S/C21H19BO2/c1-13-21(2,3)24-22(23-13)18-12-10-16-8-7-14-5-4-6-15-9-11-17(18)20(16)19(14)15/h4-13H,1-3H3. The van der Waals surface area contributed by atoms with Gasteiger partial charge in [0.15, 0.2) is 0 Å². The van der Waals surface area contributed by atoms with E-state index in [1.54, 1.807) is 0 Å². The van der Waals surface area contributed by atoms with E-state index in [0.717, 1.165) is 5.46 Å². The topological polar surface area (TPSA) is 18.5 Å². The summed E-state index contributed by atoms with van der Waals surface area (Å²) in [7, 11) is -0.306. The van der Waals surface area contributed by atoms with Crippen LogP contribution in [-0.4, -0.2) is 18.8 Å². The van der Waals surface area contributed by atoms with Gasteiger partial charge in [-0.1, -0.05) is 54.6 Å². The fourth-order valence-corrected chi connectivity index (χ4v) is 3.85. The van der Waals surface area contributed by atoms with E-state index in [4.69, 9.17) is 9.31 Å². The van der Waals surface area contributed by atoms with Crippen molar-refractivity contribution in [3.63, 3.8) is 0 Å². The van der Waals surface area contributed by atoms with Crippen LogP contribution < -0.4 is 5.46 Å². The minimum Gasteiger partial charge on any atom is -0.402 e. The van der Waals surface area contributed by atoms with Gasteiger partial charge in [-0.2, -0.15) is 0 Å². The Bertz CT molecular complexity index is 1050. The normalized spacial score (nSPS) is 20.6. The van der Waals surface area contributed by atoms with E-state index in [1.807, 2.05) is 0 Å². The molecule has 0 saturated carbocycles. The molecule has 5 rings (SSSR count). The summed E-state index contributed by atoms with van der Waals surface area (Å²) in [6.45, 7) is 6.26. The molecule has 1 aliphatic rings. The van der Waals surface area contributed by atoms with Gasteiger partial charge >= 0.3 is 7.12 Å². The van der Waals surface area contributed by atoms with Gasteiger partial charge < -0.3 is 9.31 Å². The van der Waals surface area contributed by atoms with Crippen molar-refractivity contribution in [2.45, 2.75) is 32.5 Å². The Morgan fingerprint density at radius 2 is 1.46 bits per heavy atom. The highest BCUT2D eigenvalue weighted by Gasteiger charge is 2.44. The number of hydrogen-bond acceptors (Lipinski definition) is 2. The highest BCUT2D eigenvalue weighted by atomic mass is 16.7. The Hall–Kier alpha value is -2.10. The summed E-state index contributed by atoms with van der Waals surface area (Å²) in [4.78, 5) is 0. The van der Waals surface area contributed by atoms with Gasteiger partial charge in [-0.05, 0) is 58.6 Å². The first-order chi connectivity index (χ1) is 11.5. The molecule has 1 saturated heterocycles. The molecule has 0 amide bonds. The van der Waals surface area contributed by atoms with E-state index in [2.05, 4.69) is 75.4 Å². The molecular weight excluding hydrogens is 295 g/mol. The first-order valence-corrected chi connectivity index (χ1v) is 8.54. The SMILES string of the molecule is CC1OB(c2ccc3ccc4cccc5ccc2c3c45)OC1(C)C. The first-order valence-electron chi connectivity index (χ1n) is 8.54. The zero-order valence-corrected chi connectivity index (χ0v) is 14.2. The first kappa shape index (κ1) is 14.3. The van der Waals surface area contributed by atoms with Crippen molar-refractivity contribution in [3.05, 3.63) is 54.6 Å². The maximum atomic E-state index is 6.22. The zero-order valence-electron chi connectivity index (χ0n) is 14.2. The van der Waals surface area contributed by atoms with Crippen LogP contribution in [0.3, 0.4) is 0 Å². The third-order valence-electron chi connectivity index (χ3n) is 5.53. The van der Waals surface area contributed by atoms with Gasteiger partial charge in [-0.25, -0.2) is 0 Å². The van der Waals surface area contributed by atoms with Crippen LogP contribution in [0.15, 0.2) is 54.6 Å². The lowest BCUT2D eigenvalue weighted by Gasteiger charge is -2.21. The lowest BCUT2D eigenvalue weighted by molar-refractivity contribution is 0.0842. The summed E-state index contributed by atoms with van der Waals surface area (Å²) in [5.41, 5.74) is 0.854. The smallest absolute Gasteiger partial charge is 0.402 e. The van der Waals surface area contributed by atoms with Gasteiger partial charge in [0, 0.05) is 0 Å². The molecular formula is C21H19BO2. The molecule has 0 radical (unpaired) electrons. The highest BCUT2D eigenvalue weighted by molar-refractivity contribution is 6.65. The second-order valence-corrected chi connectivity index (χ2v) is 7.34. The molecule has 118 valence electrons. The van der Waals surface area contributed by atoms with Crippen LogP contribution >= 0.6 is 0 Å². The molecule has 2 nitrogen and oxygen atoms in total. The summed E-state index contributed by atoms with van der Waals surface area (Å²) < 4.78 is 12.3. The lowest BCUT2D eigenvalue weighted by Crippen LogP contribution is -2.35. The quantitative estimate of drug-likeness (QED) is 0.381. The molecule has 0 aromatic heterocycles. The average molecular weight is 314 g/mol. The molecule has 1 aliphatic heterocycles. The predicted molar refractivity (Wildman–Crippen MR) is 101 cm³/mol. The number of hydrogen-bond donors (Lipinski definition) is 0. The zero-order chi connectivity index (χ0) is 16.5. The predicted octanol–water partition coefficient (Wildman–Crippen LogP) is 4.49. The van der Waals surface area contributed by atoms with Crippen LogP contribution in [-0.2, 0) is 9.31 Å². The third kappa shape index (κ3) is 1.86. The van der Waals surface area contributed by atoms with Crippen LogP contribution in [0.4, 0.5) is 0 Å². The van der Waals surface area contributed by atoms with Crippen molar-refractivity contribution in [2.24, 2.45) is 0 Å². The van der Waals surface area contributed by atoms with E-state index >= 15 is 0 Å². The Balaban J connectivity index is 1.82. The van der Waals surface area contributed by atoms with Crippen molar-refractivity contribution in [2.75, 3.05) is 0 Å². The fraction of sp³-hybridized carbons (Fsp3) is 0.238. The summed E-state index contributed by atoms with van der Waals surface area (Å²) in [6, 6.07) is 19.7. The van der Waals surface area contributed by atoms with E-state index in [9.17, 15) is 0 Å². The summed E-state index contributed by atoms with van der Waals surface area (Å²) in [5.74, 6) is 0. The third-order valence-corrected chi connectivity index (χ3v) is 5.53. The van der Waals surface area contributed by atoms with Crippen LogP contribution in [0.25, 0.3) is 32.3 Å². The lowest BCUT2D eigenvalue weighted by atomic mass is 9.74. The Labute approximate surface area is 141 Å². The van der Waals surface area contributed by atoms with Gasteiger partial charge in [0.2, 0.25) is 0 Å². The van der Waals surface area contributed by atoms with Crippen molar-refractivity contribution < 1.29 is 9.31 Å². The van der Waals surface area contributed by atoms with Crippen molar-refractivity contribution in [3.8, 4) is 0 Å². The average Bonchev–Trinajstić information content (AvgIpc) is 2.85.